The molecule has 0 bridgehead atoms. The highest BCUT2D eigenvalue weighted by molar-refractivity contribution is 5.78. The molecule has 9 nitrogen and oxygen atoms in total. The van der Waals surface area contributed by atoms with Gasteiger partial charge in [-0.15, -0.1) is 0 Å². The van der Waals surface area contributed by atoms with Gasteiger partial charge in [0.2, 0.25) is 11.9 Å². The SMILES string of the molecule is Cc1cc(N2CCN(C(=O)N[C@@H]3CCCN(C(=O)C(C)C)C3)CC2)nc(N)n1. The maximum Gasteiger partial charge on any atom is 0.317 e. The van der Waals surface area contributed by atoms with E-state index in [4.69, 9.17) is 5.73 Å². The summed E-state index contributed by atoms with van der Waals surface area (Å²) in [6.07, 6.45) is 1.83. The van der Waals surface area contributed by atoms with Crippen LogP contribution < -0.4 is 16.0 Å². The highest BCUT2D eigenvalue weighted by atomic mass is 16.2. The van der Waals surface area contributed by atoms with Crippen LogP contribution in [0.5, 0.6) is 0 Å². The molecule has 2 aliphatic rings. The number of aromatic nitrogens is 2. The number of nitrogens with zero attached hydrogens (tertiary/aromatic N) is 5. The monoisotopic (exact) mass is 389 g/mol. The molecule has 0 radical (unpaired) electrons. The summed E-state index contributed by atoms with van der Waals surface area (Å²) in [5, 5.41) is 3.11. The summed E-state index contributed by atoms with van der Waals surface area (Å²) in [7, 11) is 0. The van der Waals surface area contributed by atoms with Crippen LogP contribution >= 0.6 is 0 Å². The van der Waals surface area contributed by atoms with Gasteiger partial charge in [-0.05, 0) is 19.8 Å². The summed E-state index contributed by atoms with van der Waals surface area (Å²) in [5.74, 6) is 1.22. The van der Waals surface area contributed by atoms with Crippen LogP contribution in [0, 0.1) is 12.8 Å². The third kappa shape index (κ3) is 4.82. The van der Waals surface area contributed by atoms with E-state index >= 15 is 0 Å². The molecule has 1 atom stereocenters. The van der Waals surface area contributed by atoms with Crippen molar-refractivity contribution in [2.24, 2.45) is 5.92 Å². The lowest BCUT2D eigenvalue weighted by molar-refractivity contribution is -0.135. The molecule has 3 heterocycles. The highest BCUT2D eigenvalue weighted by Crippen LogP contribution is 2.17. The van der Waals surface area contributed by atoms with Crippen LogP contribution in [0.4, 0.5) is 16.6 Å². The van der Waals surface area contributed by atoms with Crippen LogP contribution in [0.25, 0.3) is 0 Å². The Hall–Kier alpha value is -2.58. The summed E-state index contributed by atoms with van der Waals surface area (Å²) >= 11 is 0. The first kappa shape index (κ1) is 20.2. The molecule has 9 heteroatoms. The molecule has 2 aliphatic heterocycles. The molecule has 3 rings (SSSR count). The van der Waals surface area contributed by atoms with Crippen molar-refractivity contribution in [1.82, 2.24) is 25.1 Å². The van der Waals surface area contributed by atoms with Crippen molar-refractivity contribution in [1.29, 1.82) is 0 Å². The Morgan fingerprint density at radius 2 is 1.86 bits per heavy atom. The number of amides is 3. The van der Waals surface area contributed by atoms with E-state index in [1.807, 2.05) is 36.6 Å². The van der Waals surface area contributed by atoms with Gasteiger partial charge in [-0.25, -0.2) is 9.78 Å². The number of hydrogen-bond donors (Lipinski definition) is 2. The maximum absolute atomic E-state index is 12.7. The minimum absolute atomic E-state index is 0.0120. The molecule has 28 heavy (non-hydrogen) atoms. The van der Waals surface area contributed by atoms with Crippen molar-refractivity contribution in [3.05, 3.63) is 11.8 Å². The van der Waals surface area contributed by atoms with Crippen molar-refractivity contribution in [3.63, 3.8) is 0 Å². The fraction of sp³-hybridized carbons (Fsp3) is 0.684. The van der Waals surface area contributed by atoms with Gasteiger partial charge in [0.1, 0.15) is 5.82 Å². The van der Waals surface area contributed by atoms with Crippen molar-refractivity contribution in [3.8, 4) is 0 Å². The van der Waals surface area contributed by atoms with Gasteiger partial charge >= 0.3 is 6.03 Å². The van der Waals surface area contributed by atoms with Gasteiger partial charge < -0.3 is 25.8 Å². The Morgan fingerprint density at radius 3 is 2.50 bits per heavy atom. The number of nitrogen functional groups attached to an aromatic ring is 1. The van der Waals surface area contributed by atoms with Crippen molar-refractivity contribution >= 4 is 23.7 Å². The second kappa shape index (κ2) is 8.62. The number of aryl methyl sites for hydroxylation is 1. The van der Waals surface area contributed by atoms with Gasteiger partial charge in [0.05, 0.1) is 0 Å². The normalized spacial score (nSPS) is 20.4. The number of piperazine rings is 1. The first-order valence-electron chi connectivity index (χ1n) is 10.0. The Morgan fingerprint density at radius 1 is 1.14 bits per heavy atom. The Balaban J connectivity index is 1.50. The molecule has 0 spiro atoms. The predicted octanol–water partition coefficient (Wildman–Crippen LogP) is 0.846. The number of piperidine rings is 1. The lowest BCUT2D eigenvalue weighted by atomic mass is 10.0. The average molecular weight is 390 g/mol. The molecule has 1 aromatic heterocycles. The minimum Gasteiger partial charge on any atom is -0.368 e. The van der Waals surface area contributed by atoms with Crippen molar-refractivity contribution in [2.45, 2.75) is 39.7 Å². The summed E-state index contributed by atoms with van der Waals surface area (Å²) < 4.78 is 0. The Labute approximate surface area is 166 Å². The predicted molar refractivity (Wildman–Crippen MR) is 108 cm³/mol. The zero-order chi connectivity index (χ0) is 20.3. The molecule has 1 aromatic rings. The zero-order valence-corrected chi connectivity index (χ0v) is 17.0. The zero-order valence-electron chi connectivity index (χ0n) is 17.0. The third-order valence-corrected chi connectivity index (χ3v) is 5.30. The van der Waals surface area contributed by atoms with Crippen LogP contribution in [-0.4, -0.2) is 77.0 Å². The van der Waals surface area contributed by atoms with E-state index in [9.17, 15) is 9.59 Å². The van der Waals surface area contributed by atoms with Gasteiger partial charge in [0.15, 0.2) is 0 Å². The number of likely N-dealkylation sites (tertiary alicyclic amines) is 1. The van der Waals surface area contributed by atoms with Crippen molar-refractivity contribution < 1.29 is 9.59 Å². The molecule has 0 unspecified atom stereocenters. The van der Waals surface area contributed by atoms with Gasteiger partial charge in [0.25, 0.3) is 0 Å². The molecule has 2 saturated heterocycles. The molecule has 2 fully saturated rings. The molecule has 154 valence electrons. The van der Waals surface area contributed by atoms with E-state index < -0.39 is 0 Å². The largest absolute Gasteiger partial charge is 0.368 e. The number of rotatable bonds is 3. The van der Waals surface area contributed by atoms with E-state index in [2.05, 4.69) is 20.2 Å². The lowest BCUT2D eigenvalue weighted by Crippen LogP contribution is -2.56. The van der Waals surface area contributed by atoms with Gasteiger partial charge in [-0.2, -0.15) is 4.98 Å². The van der Waals surface area contributed by atoms with Gasteiger partial charge in [-0.3, -0.25) is 4.79 Å². The highest BCUT2D eigenvalue weighted by Gasteiger charge is 2.28. The van der Waals surface area contributed by atoms with E-state index in [-0.39, 0.29) is 29.8 Å². The molecule has 3 N–H and O–H groups in total. The number of nitrogens with one attached hydrogen (secondary N) is 1. The summed E-state index contributed by atoms with van der Waals surface area (Å²) in [6, 6.07) is 1.88. The minimum atomic E-state index is -0.0538. The molecular weight excluding hydrogens is 358 g/mol. The molecule has 3 amide bonds. The topological polar surface area (TPSA) is 108 Å². The van der Waals surface area contributed by atoms with Gasteiger partial charge in [0, 0.05) is 63.0 Å². The van der Waals surface area contributed by atoms with Gasteiger partial charge in [-0.1, -0.05) is 13.8 Å². The van der Waals surface area contributed by atoms with E-state index in [1.54, 1.807) is 0 Å². The molecule has 0 saturated carbocycles. The summed E-state index contributed by atoms with van der Waals surface area (Å²) in [6.45, 7) is 9.74. The van der Waals surface area contributed by atoms with Crippen LogP contribution in [0.3, 0.4) is 0 Å². The first-order chi connectivity index (χ1) is 13.3. The van der Waals surface area contributed by atoms with E-state index in [0.29, 0.717) is 32.7 Å². The Kier molecular flexibility index (Phi) is 6.21. The Bertz CT molecular complexity index is 696. The smallest absolute Gasteiger partial charge is 0.317 e. The number of urea groups is 1. The molecule has 0 aromatic carbocycles. The second-order valence-corrected chi connectivity index (χ2v) is 7.93. The maximum atomic E-state index is 12.7. The number of hydrogen-bond acceptors (Lipinski definition) is 6. The fourth-order valence-electron chi connectivity index (χ4n) is 3.80. The fourth-order valence-corrected chi connectivity index (χ4v) is 3.80. The van der Waals surface area contributed by atoms with Crippen LogP contribution in [0.1, 0.15) is 32.4 Å². The van der Waals surface area contributed by atoms with Crippen LogP contribution in [0.2, 0.25) is 0 Å². The first-order valence-corrected chi connectivity index (χ1v) is 10.0. The average Bonchev–Trinajstić information content (AvgIpc) is 2.67. The summed E-state index contributed by atoms with van der Waals surface area (Å²) in [5.41, 5.74) is 6.58. The number of carbonyl (C=O) groups excluding carboxylic acids is 2. The molecular formula is C19H31N7O2. The van der Waals surface area contributed by atoms with E-state index in [1.165, 1.54) is 0 Å². The summed E-state index contributed by atoms with van der Waals surface area (Å²) in [4.78, 5) is 39.1. The number of anilines is 2. The number of carbonyl (C=O) groups is 2. The number of nitrogens with two attached hydrogens (primary N) is 1. The lowest BCUT2D eigenvalue weighted by Gasteiger charge is -2.38. The quantitative estimate of drug-likeness (QED) is 0.793. The van der Waals surface area contributed by atoms with E-state index in [0.717, 1.165) is 30.9 Å². The third-order valence-electron chi connectivity index (χ3n) is 5.30. The standard InChI is InChI=1S/C19H31N7O2/c1-13(2)17(27)26-6-4-5-15(12-26)22-19(28)25-9-7-24(8-10-25)16-11-14(3)21-18(20)23-16/h11,13,15H,4-10,12H2,1-3H3,(H,22,28)(H2,20,21,23)/t15-/m1/s1. The molecule has 0 aliphatic carbocycles. The van der Waals surface area contributed by atoms with Crippen LogP contribution in [-0.2, 0) is 4.79 Å². The van der Waals surface area contributed by atoms with Crippen LogP contribution in [0.15, 0.2) is 6.07 Å². The second-order valence-electron chi connectivity index (χ2n) is 7.93. The van der Waals surface area contributed by atoms with Crippen molar-refractivity contribution in [2.75, 3.05) is 49.9 Å².